The largest absolute Gasteiger partial charge is 0.325 e. The molecule has 0 aliphatic rings. The number of para-hydroxylation sites is 1. The first-order valence-electron chi connectivity index (χ1n) is 6.34. The van der Waals surface area contributed by atoms with Crippen LogP contribution in [-0.2, 0) is 11.2 Å². The minimum atomic E-state index is -0.147. The van der Waals surface area contributed by atoms with Crippen molar-refractivity contribution in [3.8, 4) is 0 Å². The van der Waals surface area contributed by atoms with Crippen LogP contribution in [0.2, 0.25) is 0 Å². The Kier molecular flexibility index (Phi) is 7.12. The minimum absolute atomic E-state index is 0.0781. The van der Waals surface area contributed by atoms with Gasteiger partial charge in [-0.3, -0.25) is 9.59 Å². The molecule has 0 aliphatic carbocycles. The standard InChI is InChI=1S/C14H20N2O2S2/c1-5-11-8-6-7-10(2)13(11)15-12(17)9-19-14(18)20-16(3)4/h6-8H,5,9H2,1-4H3,(H,15,17). The van der Waals surface area contributed by atoms with E-state index >= 15 is 0 Å². The SMILES string of the molecule is CCc1cccc(C)c1NC(=O)CSC(=O)SN(C)C. The van der Waals surface area contributed by atoms with Gasteiger partial charge < -0.3 is 5.32 Å². The van der Waals surface area contributed by atoms with Crippen molar-refractivity contribution in [2.45, 2.75) is 20.3 Å². The lowest BCUT2D eigenvalue weighted by atomic mass is 10.1. The van der Waals surface area contributed by atoms with Gasteiger partial charge in [0.25, 0.3) is 4.45 Å². The van der Waals surface area contributed by atoms with Crippen molar-refractivity contribution in [2.75, 3.05) is 25.2 Å². The molecule has 110 valence electrons. The van der Waals surface area contributed by atoms with Crippen molar-refractivity contribution in [1.82, 2.24) is 4.31 Å². The summed E-state index contributed by atoms with van der Waals surface area (Å²) in [7, 11) is 3.59. The van der Waals surface area contributed by atoms with Crippen LogP contribution in [0.1, 0.15) is 18.1 Å². The van der Waals surface area contributed by atoms with Crippen LogP contribution >= 0.6 is 23.7 Å². The van der Waals surface area contributed by atoms with Gasteiger partial charge >= 0.3 is 0 Å². The number of aryl methyl sites for hydroxylation is 2. The summed E-state index contributed by atoms with van der Waals surface area (Å²) in [5, 5.41) is 2.90. The highest BCUT2D eigenvalue weighted by Gasteiger charge is 2.12. The molecule has 1 amide bonds. The van der Waals surface area contributed by atoms with Crippen LogP contribution in [0.3, 0.4) is 0 Å². The van der Waals surface area contributed by atoms with E-state index in [9.17, 15) is 9.59 Å². The second-order valence-electron chi connectivity index (χ2n) is 4.45. The highest BCUT2D eigenvalue weighted by Crippen LogP contribution is 2.22. The monoisotopic (exact) mass is 312 g/mol. The molecule has 0 aliphatic heterocycles. The molecule has 0 unspecified atom stereocenters. The second kappa shape index (κ2) is 8.34. The van der Waals surface area contributed by atoms with Gasteiger partial charge in [-0.05, 0) is 38.6 Å². The number of nitrogens with zero attached hydrogens (tertiary/aromatic N) is 1. The summed E-state index contributed by atoms with van der Waals surface area (Å²) in [6, 6.07) is 5.95. The number of nitrogens with one attached hydrogen (secondary N) is 1. The van der Waals surface area contributed by atoms with Crippen molar-refractivity contribution < 1.29 is 9.59 Å². The number of carbonyl (C=O) groups is 2. The summed E-state index contributed by atoms with van der Waals surface area (Å²) >= 11 is 2.11. The zero-order valence-electron chi connectivity index (χ0n) is 12.2. The van der Waals surface area contributed by atoms with E-state index in [0.29, 0.717) is 0 Å². The molecule has 0 saturated carbocycles. The summed E-state index contributed by atoms with van der Waals surface area (Å²) in [5.41, 5.74) is 3.02. The van der Waals surface area contributed by atoms with E-state index < -0.39 is 0 Å². The average Bonchev–Trinajstić information content (AvgIpc) is 2.38. The third-order valence-corrected chi connectivity index (χ3v) is 4.32. The van der Waals surface area contributed by atoms with E-state index in [0.717, 1.165) is 46.9 Å². The van der Waals surface area contributed by atoms with E-state index in [-0.39, 0.29) is 16.1 Å². The second-order valence-corrected chi connectivity index (χ2v) is 6.94. The molecule has 0 saturated heterocycles. The molecule has 0 aromatic heterocycles. The molecule has 0 radical (unpaired) electrons. The quantitative estimate of drug-likeness (QED) is 0.843. The number of thioether (sulfide) groups is 1. The van der Waals surface area contributed by atoms with E-state index in [1.165, 1.54) is 0 Å². The smallest absolute Gasteiger partial charge is 0.261 e. The lowest BCUT2D eigenvalue weighted by Crippen LogP contribution is -2.17. The van der Waals surface area contributed by atoms with Gasteiger partial charge in [0.1, 0.15) is 0 Å². The first-order chi connectivity index (χ1) is 9.43. The number of carbonyl (C=O) groups excluding carboxylic acids is 2. The maximum Gasteiger partial charge on any atom is 0.261 e. The normalized spacial score (nSPS) is 10.7. The van der Waals surface area contributed by atoms with Crippen LogP contribution in [0, 0.1) is 6.92 Å². The van der Waals surface area contributed by atoms with Crippen LogP contribution in [-0.4, -0.2) is 34.5 Å². The van der Waals surface area contributed by atoms with Gasteiger partial charge in [-0.15, -0.1) is 0 Å². The number of anilines is 1. The fraction of sp³-hybridized carbons (Fsp3) is 0.429. The molecule has 0 heterocycles. The molecule has 4 nitrogen and oxygen atoms in total. The van der Waals surface area contributed by atoms with Gasteiger partial charge in [0.05, 0.1) is 5.75 Å². The summed E-state index contributed by atoms with van der Waals surface area (Å²) in [5.74, 6) is -0.0105. The molecule has 0 bridgehead atoms. The number of hydrogen-bond acceptors (Lipinski definition) is 5. The van der Waals surface area contributed by atoms with Crippen LogP contribution in [0.5, 0.6) is 0 Å². The molecule has 1 aromatic carbocycles. The fourth-order valence-electron chi connectivity index (χ4n) is 1.68. The third-order valence-electron chi connectivity index (χ3n) is 2.58. The molecule has 0 spiro atoms. The zero-order valence-corrected chi connectivity index (χ0v) is 13.9. The van der Waals surface area contributed by atoms with Crippen LogP contribution in [0.15, 0.2) is 18.2 Å². The van der Waals surface area contributed by atoms with Crippen molar-refractivity contribution in [2.24, 2.45) is 0 Å². The highest BCUT2D eigenvalue weighted by atomic mass is 32.2. The van der Waals surface area contributed by atoms with Crippen LogP contribution < -0.4 is 5.32 Å². The van der Waals surface area contributed by atoms with Crippen molar-refractivity contribution in [3.05, 3.63) is 29.3 Å². The summed E-state index contributed by atoms with van der Waals surface area (Å²) < 4.78 is 1.63. The predicted octanol–water partition coefficient (Wildman–Crippen LogP) is 3.56. The first-order valence-corrected chi connectivity index (χ1v) is 8.10. The number of benzene rings is 1. The van der Waals surface area contributed by atoms with E-state index in [2.05, 4.69) is 12.2 Å². The summed E-state index contributed by atoms with van der Waals surface area (Å²) in [4.78, 5) is 23.4. The highest BCUT2D eigenvalue weighted by molar-refractivity contribution is 8.37. The van der Waals surface area contributed by atoms with Gasteiger partial charge in [0.2, 0.25) is 5.91 Å². The average molecular weight is 312 g/mol. The Hall–Kier alpha value is -0.980. The minimum Gasteiger partial charge on any atom is -0.325 e. The van der Waals surface area contributed by atoms with Crippen molar-refractivity contribution in [3.63, 3.8) is 0 Å². The lowest BCUT2D eigenvalue weighted by molar-refractivity contribution is -0.113. The molecule has 0 fully saturated rings. The van der Waals surface area contributed by atoms with Gasteiger partial charge in [-0.2, -0.15) is 0 Å². The molecular weight excluding hydrogens is 292 g/mol. The predicted molar refractivity (Wildman–Crippen MR) is 88.3 cm³/mol. The Morgan fingerprint density at radius 2 is 2.00 bits per heavy atom. The van der Waals surface area contributed by atoms with Gasteiger partial charge in [-0.1, -0.05) is 36.9 Å². The van der Waals surface area contributed by atoms with Gasteiger partial charge in [0, 0.05) is 17.6 Å². The molecule has 1 aromatic rings. The maximum atomic E-state index is 11.9. The van der Waals surface area contributed by atoms with E-state index in [1.54, 1.807) is 18.4 Å². The van der Waals surface area contributed by atoms with E-state index in [4.69, 9.17) is 0 Å². The molecule has 6 heteroatoms. The van der Waals surface area contributed by atoms with Crippen molar-refractivity contribution in [1.29, 1.82) is 0 Å². The number of hydrogen-bond donors (Lipinski definition) is 1. The van der Waals surface area contributed by atoms with Crippen LogP contribution in [0.25, 0.3) is 0 Å². The first kappa shape index (κ1) is 17.1. The zero-order chi connectivity index (χ0) is 15.1. The number of amides is 1. The van der Waals surface area contributed by atoms with Gasteiger partial charge in [0.15, 0.2) is 0 Å². The maximum absolute atomic E-state index is 11.9. The Labute approximate surface area is 128 Å². The third kappa shape index (κ3) is 5.56. The Bertz CT molecular complexity index is 490. The van der Waals surface area contributed by atoms with Crippen molar-refractivity contribution >= 4 is 39.8 Å². The Balaban J connectivity index is 2.57. The summed E-state index contributed by atoms with van der Waals surface area (Å²) in [6.07, 6.45) is 0.861. The molecule has 20 heavy (non-hydrogen) atoms. The topological polar surface area (TPSA) is 49.4 Å². The molecule has 0 atom stereocenters. The molecule has 1 N–H and O–H groups in total. The number of rotatable bonds is 5. The Morgan fingerprint density at radius 1 is 1.30 bits per heavy atom. The fourth-order valence-corrected chi connectivity index (χ4v) is 3.13. The van der Waals surface area contributed by atoms with E-state index in [1.807, 2.05) is 25.1 Å². The Morgan fingerprint density at radius 3 is 2.60 bits per heavy atom. The van der Waals surface area contributed by atoms with Crippen LogP contribution in [0.4, 0.5) is 10.5 Å². The molecule has 1 rings (SSSR count). The lowest BCUT2D eigenvalue weighted by Gasteiger charge is -2.12. The molecular formula is C14H20N2O2S2. The summed E-state index contributed by atoms with van der Waals surface area (Å²) in [6.45, 7) is 4.02. The van der Waals surface area contributed by atoms with Gasteiger partial charge in [-0.25, -0.2) is 4.31 Å².